The second-order valence-corrected chi connectivity index (χ2v) is 7.48. The van der Waals surface area contributed by atoms with Gasteiger partial charge in [-0.25, -0.2) is 9.79 Å². The van der Waals surface area contributed by atoms with E-state index in [1.54, 1.807) is 18.8 Å². The monoisotopic (exact) mass is 358 g/mol. The minimum atomic E-state index is -0.501. The van der Waals surface area contributed by atoms with Crippen molar-refractivity contribution in [1.29, 1.82) is 0 Å². The zero-order valence-electron chi connectivity index (χ0n) is 14.7. The third-order valence-corrected chi connectivity index (χ3v) is 5.29. The Balaban J connectivity index is 1.83. The van der Waals surface area contributed by atoms with Gasteiger partial charge in [-0.2, -0.15) is 0 Å². The van der Waals surface area contributed by atoms with Crippen LogP contribution < -0.4 is 5.32 Å². The first-order chi connectivity index (χ1) is 11.9. The Labute approximate surface area is 152 Å². The molecule has 2 aliphatic heterocycles. The fraction of sp³-hybridized carbons (Fsp3) is 0.389. The molecule has 0 radical (unpaired) electrons. The number of aliphatic imine (C=N–C) groups is 1. The number of carbonyl (C=O) groups excluding carboxylic acids is 2. The molecule has 1 fully saturated rings. The fourth-order valence-corrected chi connectivity index (χ4v) is 4.03. The van der Waals surface area contributed by atoms with Crippen LogP contribution in [-0.2, 0) is 10.5 Å². The number of amides is 3. The van der Waals surface area contributed by atoms with Crippen LogP contribution in [0.2, 0.25) is 0 Å². The van der Waals surface area contributed by atoms with Gasteiger partial charge < -0.3 is 9.80 Å². The summed E-state index contributed by atoms with van der Waals surface area (Å²) in [4.78, 5) is 32.4. The molecular formula is C18H22N4O2S. The number of likely N-dealkylation sites (N-methyl/N-ethyl adjacent to an activating group) is 1. The molecule has 1 aromatic rings. The lowest BCUT2D eigenvalue weighted by molar-refractivity contribution is -0.126. The maximum atomic E-state index is 12.4. The van der Waals surface area contributed by atoms with Crippen molar-refractivity contribution in [3.05, 3.63) is 47.5 Å². The third kappa shape index (κ3) is 3.56. The Morgan fingerprint density at radius 1 is 1.40 bits per heavy atom. The zero-order valence-corrected chi connectivity index (χ0v) is 15.5. The molecule has 0 saturated carbocycles. The number of fused-ring (bicyclic) bond motifs is 1. The predicted octanol–water partition coefficient (Wildman–Crippen LogP) is 2.35. The number of benzene rings is 1. The minimum Gasteiger partial charge on any atom is -0.332 e. The van der Waals surface area contributed by atoms with Gasteiger partial charge in [-0.05, 0) is 19.4 Å². The SMILES string of the molecule is C=C(C)CN1C(SCc2cccc(C)c2)=NC2C1C(=O)NC(=O)N2C. The van der Waals surface area contributed by atoms with Gasteiger partial charge in [0.05, 0.1) is 0 Å². The fourth-order valence-electron chi connectivity index (χ4n) is 3.03. The summed E-state index contributed by atoms with van der Waals surface area (Å²) in [6, 6.07) is 7.41. The number of carbonyl (C=O) groups is 2. The number of hydrogen-bond donors (Lipinski definition) is 1. The molecule has 3 rings (SSSR count). The lowest BCUT2D eigenvalue weighted by Gasteiger charge is -2.36. The molecule has 2 aliphatic rings. The number of nitrogens with one attached hydrogen (secondary N) is 1. The van der Waals surface area contributed by atoms with Crippen LogP contribution in [0.4, 0.5) is 4.79 Å². The number of imide groups is 1. The van der Waals surface area contributed by atoms with Gasteiger partial charge in [0.2, 0.25) is 0 Å². The molecule has 1 aromatic carbocycles. The summed E-state index contributed by atoms with van der Waals surface area (Å²) in [6.45, 7) is 8.49. The van der Waals surface area contributed by atoms with E-state index in [2.05, 4.69) is 42.0 Å². The van der Waals surface area contributed by atoms with Crippen molar-refractivity contribution in [3.63, 3.8) is 0 Å². The number of hydrogen-bond acceptors (Lipinski definition) is 5. The van der Waals surface area contributed by atoms with E-state index in [0.717, 1.165) is 16.5 Å². The highest BCUT2D eigenvalue weighted by atomic mass is 32.2. The molecular weight excluding hydrogens is 336 g/mol. The standard InChI is InChI=1S/C18H22N4O2S/c1-11(2)9-22-14-15(21(4)17(24)20-16(14)23)19-18(22)25-10-13-7-5-6-12(3)8-13/h5-8,14-15H,1,9-10H2,2-4H3,(H,20,23,24). The van der Waals surface area contributed by atoms with E-state index in [-0.39, 0.29) is 5.91 Å². The maximum absolute atomic E-state index is 12.4. The van der Waals surface area contributed by atoms with E-state index in [4.69, 9.17) is 0 Å². The van der Waals surface area contributed by atoms with Gasteiger partial charge in [0.25, 0.3) is 5.91 Å². The lowest BCUT2D eigenvalue weighted by atomic mass is 10.1. The quantitative estimate of drug-likeness (QED) is 0.839. The highest BCUT2D eigenvalue weighted by Gasteiger charge is 2.48. The number of amidine groups is 1. The number of urea groups is 1. The zero-order chi connectivity index (χ0) is 18.1. The Kier molecular flexibility index (Phi) is 4.85. The average molecular weight is 358 g/mol. The third-order valence-electron chi connectivity index (χ3n) is 4.21. The number of thioether (sulfide) groups is 1. The van der Waals surface area contributed by atoms with Crippen LogP contribution in [0.5, 0.6) is 0 Å². The first-order valence-electron chi connectivity index (χ1n) is 8.11. The van der Waals surface area contributed by atoms with Crippen molar-refractivity contribution in [2.24, 2.45) is 4.99 Å². The van der Waals surface area contributed by atoms with Crippen LogP contribution in [0.1, 0.15) is 18.1 Å². The molecule has 132 valence electrons. The van der Waals surface area contributed by atoms with Crippen molar-refractivity contribution in [2.45, 2.75) is 31.8 Å². The molecule has 1 saturated heterocycles. The van der Waals surface area contributed by atoms with E-state index in [1.807, 2.05) is 17.9 Å². The van der Waals surface area contributed by atoms with Crippen LogP contribution in [-0.4, -0.2) is 52.7 Å². The van der Waals surface area contributed by atoms with Crippen molar-refractivity contribution in [3.8, 4) is 0 Å². The lowest BCUT2D eigenvalue weighted by Crippen LogP contribution is -2.63. The van der Waals surface area contributed by atoms with Crippen LogP contribution >= 0.6 is 11.8 Å². The van der Waals surface area contributed by atoms with Crippen molar-refractivity contribution in [2.75, 3.05) is 13.6 Å². The average Bonchev–Trinajstić information content (AvgIpc) is 2.89. The largest absolute Gasteiger partial charge is 0.332 e. The van der Waals surface area contributed by atoms with E-state index in [0.29, 0.717) is 6.54 Å². The predicted molar refractivity (Wildman–Crippen MR) is 100 cm³/mol. The second kappa shape index (κ2) is 6.92. The van der Waals surface area contributed by atoms with E-state index < -0.39 is 18.2 Å². The summed E-state index contributed by atoms with van der Waals surface area (Å²) in [7, 11) is 1.66. The molecule has 6 nitrogen and oxygen atoms in total. The summed E-state index contributed by atoms with van der Waals surface area (Å²) in [5.74, 6) is 0.454. The number of aryl methyl sites for hydroxylation is 1. The Morgan fingerprint density at radius 3 is 2.84 bits per heavy atom. The molecule has 0 aliphatic carbocycles. The summed E-state index contributed by atoms with van der Waals surface area (Å²) in [6.07, 6.45) is -0.486. The molecule has 7 heteroatoms. The first kappa shape index (κ1) is 17.5. The molecule has 0 aromatic heterocycles. The Morgan fingerprint density at radius 2 is 2.16 bits per heavy atom. The van der Waals surface area contributed by atoms with E-state index >= 15 is 0 Å². The normalized spacial score (nSPS) is 22.6. The highest BCUT2D eigenvalue weighted by molar-refractivity contribution is 8.13. The first-order valence-corrected chi connectivity index (χ1v) is 9.10. The summed E-state index contributed by atoms with van der Waals surface area (Å²) in [5.41, 5.74) is 3.35. The van der Waals surface area contributed by atoms with Crippen LogP contribution in [0.15, 0.2) is 41.4 Å². The van der Waals surface area contributed by atoms with E-state index in [1.165, 1.54) is 16.0 Å². The molecule has 2 unspecified atom stereocenters. The molecule has 25 heavy (non-hydrogen) atoms. The molecule has 0 spiro atoms. The second-order valence-electron chi connectivity index (χ2n) is 6.54. The molecule has 1 N–H and O–H groups in total. The van der Waals surface area contributed by atoms with Gasteiger partial charge >= 0.3 is 6.03 Å². The molecule has 2 heterocycles. The van der Waals surface area contributed by atoms with Crippen molar-refractivity contribution < 1.29 is 9.59 Å². The van der Waals surface area contributed by atoms with Gasteiger partial charge in [-0.1, -0.05) is 53.7 Å². The number of nitrogens with zero attached hydrogens (tertiary/aromatic N) is 3. The highest BCUT2D eigenvalue weighted by Crippen LogP contribution is 2.30. The van der Waals surface area contributed by atoms with Crippen molar-refractivity contribution in [1.82, 2.24) is 15.1 Å². The summed E-state index contributed by atoms with van der Waals surface area (Å²) in [5, 5.41) is 3.17. The van der Waals surface area contributed by atoms with Gasteiger partial charge in [0.1, 0.15) is 0 Å². The van der Waals surface area contributed by atoms with Gasteiger partial charge in [-0.15, -0.1) is 0 Å². The van der Waals surface area contributed by atoms with Gasteiger partial charge in [0, 0.05) is 19.3 Å². The van der Waals surface area contributed by atoms with Gasteiger partial charge in [-0.3, -0.25) is 10.1 Å². The smallest absolute Gasteiger partial charge is 0.325 e. The van der Waals surface area contributed by atoms with Crippen molar-refractivity contribution >= 4 is 28.9 Å². The Bertz CT molecular complexity index is 761. The number of rotatable bonds is 4. The summed E-state index contributed by atoms with van der Waals surface area (Å²) >= 11 is 1.58. The van der Waals surface area contributed by atoms with Crippen LogP contribution in [0.25, 0.3) is 0 Å². The Hall–Kier alpha value is -2.28. The minimum absolute atomic E-state index is 0.302. The summed E-state index contributed by atoms with van der Waals surface area (Å²) < 4.78 is 0. The van der Waals surface area contributed by atoms with Crippen LogP contribution in [0, 0.1) is 6.92 Å². The topological polar surface area (TPSA) is 65.0 Å². The molecule has 2 atom stereocenters. The van der Waals surface area contributed by atoms with E-state index in [9.17, 15) is 9.59 Å². The molecule has 3 amide bonds. The van der Waals surface area contributed by atoms with Crippen LogP contribution in [0.3, 0.4) is 0 Å². The van der Waals surface area contributed by atoms with Gasteiger partial charge in [0.15, 0.2) is 17.4 Å². The maximum Gasteiger partial charge on any atom is 0.325 e. The molecule has 0 bridgehead atoms.